The maximum Gasteiger partial charge on any atom is 0.424 e. The van der Waals surface area contributed by atoms with Crippen LogP contribution in [-0.2, 0) is 10.0 Å². The third-order valence-corrected chi connectivity index (χ3v) is 9.41. The normalized spacial score (nSPS) is 21.4. The van der Waals surface area contributed by atoms with E-state index in [9.17, 15) is 18.0 Å². The first-order chi connectivity index (χ1) is 10.8. The smallest absolute Gasteiger partial charge is 0.397 e. The van der Waals surface area contributed by atoms with Crippen molar-refractivity contribution in [3.8, 4) is 0 Å². The van der Waals surface area contributed by atoms with Crippen molar-refractivity contribution in [3.05, 3.63) is 47.5 Å². The van der Waals surface area contributed by atoms with E-state index in [0.29, 0.717) is 18.1 Å². The van der Waals surface area contributed by atoms with Gasteiger partial charge in [-0.25, -0.2) is 0 Å². The number of ketones is 1. The van der Waals surface area contributed by atoms with Crippen LogP contribution in [-0.4, -0.2) is 20.3 Å². The number of hydrogen-bond donors (Lipinski definition) is 0. The van der Waals surface area contributed by atoms with Crippen molar-refractivity contribution >= 4 is 14.1 Å². The lowest BCUT2D eigenvalue weighted by Gasteiger charge is -2.43. The molecule has 0 saturated carbocycles. The lowest BCUT2D eigenvalue weighted by molar-refractivity contribution is -0.238. The molecule has 23 heavy (non-hydrogen) atoms. The van der Waals surface area contributed by atoms with Crippen molar-refractivity contribution < 1.29 is 22.4 Å². The average Bonchev–Trinajstić information content (AvgIpc) is 2.54. The third kappa shape index (κ3) is 2.90. The second-order valence-electron chi connectivity index (χ2n) is 5.82. The van der Waals surface area contributed by atoms with Crippen LogP contribution in [0.2, 0.25) is 18.1 Å². The molecule has 2 nitrogen and oxygen atoms in total. The van der Waals surface area contributed by atoms with Crippen molar-refractivity contribution in [2.75, 3.05) is 0 Å². The lowest BCUT2D eigenvalue weighted by atomic mass is 9.83. The summed E-state index contributed by atoms with van der Waals surface area (Å²) in [4.78, 5) is 12.0. The highest BCUT2D eigenvalue weighted by molar-refractivity contribution is 6.73. The molecule has 0 fully saturated rings. The minimum absolute atomic E-state index is 0.0681. The number of hydrogen-bond acceptors (Lipinski definition) is 2. The number of allylic oxidation sites excluding steroid dienone is 1. The molecule has 0 saturated heterocycles. The molecule has 0 spiro atoms. The Morgan fingerprint density at radius 1 is 1.09 bits per heavy atom. The fourth-order valence-electron chi connectivity index (χ4n) is 3.10. The van der Waals surface area contributed by atoms with Gasteiger partial charge >= 0.3 is 6.18 Å². The molecule has 126 valence electrons. The maximum absolute atomic E-state index is 14.1. The monoisotopic (exact) mass is 342 g/mol. The van der Waals surface area contributed by atoms with Gasteiger partial charge in [0.25, 0.3) is 0 Å². The summed E-state index contributed by atoms with van der Waals surface area (Å²) >= 11 is 0. The molecule has 0 aliphatic heterocycles. The Labute approximate surface area is 135 Å². The van der Waals surface area contributed by atoms with E-state index in [0.717, 1.165) is 12.2 Å². The summed E-state index contributed by atoms with van der Waals surface area (Å²) in [7, 11) is -2.56. The average molecular weight is 342 g/mol. The van der Waals surface area contributed by atoms with Gasteiger partial charge in [0.1, 0.15) is 0 Å². The van der Waals surface area contributed by atoms with Crippen LogP contribution in [0.4, 0.5) is 13.2 Å². The van der Waals surface area contributed by atoms with E-state index in [1.165, 1.54) is 18.2 Å². The summed E-state index contributed by atoms with van der Waals surface area (Å²) in [5.74, 6) is -0.416. The zero-order chi connectivity index (χ0) is 17.3. The van der Waals surface area contributed by atoms with E-state index in [1.54, 1.807) is 6.07 Å². The standard InChI is InChI=1S/C17H21F3O2Si/c1-4-23(5-2,6-3)22-16(17(18,19)20)12-11-15(21)13-9-7-8-10-14(13)16/h7-12H,4-6H2,1-3H3. The van der Waals surface area contributed by atoms with Gasteiger partial charge < -0.3 is 4.43 Å². The van der Waals surface area contributed by atoms with Crippen molar-refractivity contribution in [2.45, 2.75) is 50.7 Å². The minimum atomic E-state index is -4.63. The van der Waals surface area contributed by atoms with E-state index in [1.807, 2.05) is 20.8 Å². The van der Waals surface area contributed by atoms with Gasteiger partial charge in [0.2, 0.25) is 0 Å². The van der Waals surface area contributed by atoms with E-state index < -0.39 is 25.9 Å². The topological polar surface area (TPSA) is 26.3 Å². The summed E-state index contributed by atoms with van der Waals surface area (Å²) in [6.45, 7) is 5.65. The second kappa shape index (κ2) is 6.24. The largest absolute Gasteiger partial charge is 0.424 e. The summed E-state index contributed by atoms with van der Waals surface area (Å²) in [6.07, 6.45) is -2.73. The SMILES string of the molecule is CC[Si](CC)(CC)OC1(C(F)(F)F)C=CC(=O)c2ccccc21. The zero-order valence-corrected chi connectivity index (χ0v) is 14.5. The van der Waals surface area contributed by atoms with Crippen LogP contribution in [0.3, 0.4) is 0 Å². The molecule has 1 aliphatic rings. The van der Waals surface area contributed by atoms with Crippen molar-refractivity contribution in [2.24, 2.45) is 0 Å². The van der Waals surface area contributed by atoms with E-state index in [2.05, 4.69) is 0 Å². The molecule has 6 heteroatoms. The Balaban J connectivity index is 2.68. The first-order valence-electron chi connectivity index (χ1n) is 7.85. The van der Waals surface area contributed by atoms with Crippen LogP contribution in [0, 0.1) is 0 Å². The summed E-state index contributed by atoms with van der Waals surface area (Å²) in [6, 6.07) is 7.66. The lowest BCUT2D eigenvalue weighted by Crippen LogP contribution is -2.53. The molecule has 1 unspecified atom stereocenters. The molecule has 1 aromatic carbocycles. The Hall–Kier alpha value is -1.40. The molecular formula is C17H21F3O2Si. The molecule has 0 bridgehead atoms. The Kier molecular flexibility index (Phi) is 4.87. The Morgan fingerprint density at radius 3 is 2.17 bits per heavy atom. The molecule has 0 aromatic heterocycles. The van der Waals surface area contributed by atoms with Gasteiger partial charge in [-0.1, -0.05) is 45.0 Å². The molecule has 1 aliphatic carbocycles. The number of fused-ring (bicyclic) bond motifs is 1. The molecular weight excluding hydrogens is 321 g/mol. The molecule has 1 atom stereocenters. The fourth-order valence-corrected chi connectivity index (χ4v) is 6.01. The van der Waals surface area contributed by atoms with E-state index in [-0.39, 0.29) is 11.1 Å². The first-order valence-corrected chi connectivity index (χ1v) is 10.4. The van der Waals surface area contributed by atoms with Gasteiger partial charge in [0, 0.05) is 11.1 Å². The quantitative estimate of drug-likeness (QED) is 0.686. The molecule has 1 aromatic rings. The predicted octanol–water partition coefficient (Wildman–Crippen LogP) is 5.22. The van der Waals surface area contributed by atoms with Crippen LogP contribution in [0.1, 0.15) is 36.7 Å². The van der Waals surface area contributed by atoms with Crippen molar-refractivity contribution in [1.82, 2.24) is 0 Å². The summed E-state index contributed by atoms with van der Waals surface area (Å²) < 4.78 is 48.2. The van der Waals surface area contributed by atoms with Crippen molar-refractivity contribution in [1.29, 1.82) is 0 Å². The van der Waals surface area contributed by atoms with Crippen LogP contribution in [0.15, 0.2) is 36.4 Å². The number of alkyl halides is 3. The highest BCUT2D eigenvalue weighted by Crippen LogP contribution is 2.49. The highest BCUT2D eigenvalue weighted by Gasteiger charge is 2.60. The molecule has 0 amide bonds. The summed E-state index contributed by atoms with van der Waals surface area (Å²) in [5, 5.41) is 0. The Bertz CT molecular complexity index is 612. The third-order valence-electron chi connectivity index (χ3n) is 4.79. The number of benzene rings is 1. The van der Waals surface area contributed by atoms with E-state index in [4.69, 9.17) is 4.43 Å². The molecule has 0 radical (unpaired) electrons. The Morgan fingerprint density at radius 2 is 1.65 bits per heavy atom. The second-order valence-corrected chi connectivity index (χ2v) is 10.5. The van der Waals surface area contributed by atoms with Crippen LogP contribution < -0.4 is 0 Å². The van der Waals surface area contributed by atoms with Gasteiger partial charge in [0.05, 0.1) is 0 Å². The van der Waals surface area contributed by atoms with Gasteiger partial charge in [0.15, 0.2) is 19.7 Å². The van der Waals surface area contributed by atoms with Crippen LogP contribution >= 0.6 is 0 Å². The zero-order valence-electron chi connectivity index (χ0n) is 13.5. The predicted molar refractivity (Wildman–Crippen MR) is 85.9 cm³/mol. The van der Waals surface area contributed by atoms with Gasteiger partial charge in [-0.15, -0.1) is 0 Å². The molecule has 2 rings (SSSR count). The van der Waals surface area contributed by atoms with Crippen LogP contribution in [0.5, 0.6) is 0 Å². The van der Waals surface area contributed by atoms with Crippen LogP contribution in [0.25, 0.3) is 0 Å². The van der Waals surface area contributed by atoms with E-state index >= 15 is 0 Å². The highest BCUT2D eigenvalue weighted by atomic mass is 28.4. The maximum atomic E-state index is 14.1. The summed E-state index contributed by atoms with van der Waals surface area (Å²) in [5.41, 5.74) is -2.54. The van der Waals surface area contributed by atoms with Gasteiger partial charge in [-0.3, -0.25) is 4.79 Å². The number of rotatable bonds is 5. The number of halogens is 3. The first kappa shape index (κ1) is 17.9. The number of carbonyl (C=O) groups is 1. The van der Waals surface area contributed by atoms with Gasteiger partial charge in [-0.05, 0) is 30.3 Å². The van der Waals surface area contributed by atoms with Crippen molar-refractivity contribution in [3.63, 3.8) is 0 Å². The number of carbonyl (C=O) groups excluding carboxylic acids is 1. The fraction of sp³-hybridized carbons (Fsp3) is 0.471. The van der Waals surface area contributed by atoms with Gasteiger partial charge in [-0.2, -0.15) is 13.2 Å². The minimum Gasteiger partial charge on any atom is -0.397 e. The molecule has 0 N–H and O–H groups in total. The molecule has 0 heterocycles.